The second kappa shape index (κ2) is 3.92. The maximum atomic E-state index is 12.3. The van der Waals surface area contributed by atoms with Gasteiger partial charge in [-0.25, -0.2) is 13.8 Å². The van der Waals surface area contributed by atoms with Crippen molar-refractivity contribution in [3.05, 3.63) is 28.6 Å². The Morgan fingerprint density at radius 1 is 1.64 bits per heavy atom. The smallest absolute Gasteiger partial charge is 0.280 e. The minimum absolute atomic E-state index is 0.0156. The normalized spacial score (nSPS) is 9.93. The Kier molecular flexibility index (Phi) is 2.87. The standard InChI is InChI=1S/C9H6F2N2O/c1-5-2-6(3-12)7(4-14)13-8(5)9(10)11/h2,4,9H,1H3. The number of carbonyl (C=O) groups excluding carboxylic acids is 1. The number of aldehydes is 1. The van der Waals surface area contributed by atoms with Crippen LogP contribution in [0.1, 0.15) is 33.7 Å². The molecule has 0 bridgehead atoms. The van der Waals surface area contributed by atoms with Crippen LogP contribution in [-0.4, -0.2) is 11.3 Å². The van der Waals surface area contributed by atoms with Gasteiger partial charge in [0.1, 0.15) is 17.5 Å². The highest BCUT2D eigenvalue weighted by molar-refractivity contribution is 5.76. The average molecular weight is 196 g/mol. The zero-order valence-electron chi connectivity index (χ0n) is 7.29. The van der Waals surface area contributed by atoms with Crippen LogP contribution in [0.4, 0.5) is 8.78 Å². The lowest BCUT2D eigenvalue weighted by Crippen LogP contribution is -2.01. The van der Waals surface area contributed by atoms with Crippen LogP contribution in [-0.2, 0) is 0 Å². The molecule has 14 heavy (non-hydrogen) atoms. The van der Waals surface area contributed by atoms with Crippen LogP contribution < -0.4 is 0 Å². The summed E-state index contributed by atoms with van der Waals surface area (Å²) in [4.78, 5) is 13.8. The van der Waals surface area contributed by atoms with Crippen LogP contribution in [0.2, 0.25) is 0 Å². The van der Waals surface area contributed by atoms with Crippen molar-refractivity contribution in [1.29, 1.82) is 5.26 Å². The molecular formula is C9H6F2N2O. The molecule has 0 fully saturated rings. The van der Waals surface area contributed by atoms with Gasteiger partial charge in [-0.2, -0.15) is 5.26 Å². The highest BCUT2D eigenvalue weighted by Gasteiger charge is 2.15. The van der Waals surface area contributed by atoms with E-state index >= 15 is 0 Å². The number of nitrogens with zero attached hydrogens (tertiary/aromatic N) is 2. The fourth-order valence-electron chi connectivity index (χ4n) is 1.04. The van der Waals surface area contributed by atoms with Gasteiger partial charge in [-0.1, -0.05) is 0 Å². The minimum Gasteiger partial charge on any atom is -0.296 e. The number of halogens is 2. The third kappa shape index (κ3) is 1.74. The summed E-state index contributed by atoms with van der Waals surface area (Å²) < 4.78 is 24.6. The second-order valence-electron chi connectivity index (χ2n) is 2.65. The van der Waals surface area contributed by atoms with Crippen LogP contribution in [0.15, 0.2) is 6.07 Å². The van der Waals surface area contributed by atoms with E-state index in [0.29, 0.717) is 6.29 Å². The zero-order valence-corrected chi connectivity index (χ0v) is 7.29. The second-order valence-corrected chi connectivity index (χ2v) is 2.65. The van der Waals surface area contributed by atoms with Gasteiger partial charge in [0.2, 0.25) is 0 Å². The number of carbonyl (C=O) groups is 1. The molecule has 0 atom stereocenters. The largest absolute Gasteiger partial charge is 0.296 e. The van der Waals surface area contributed by atoms with Crippen molar-refractivity contribution in [3.8, 4) is 6.07 Å². The minimum atomic E-state index is -2.73. The number of aryl methyl sites for hydroxylation is 1. The van der Waals surface area contributed by atoms with Crippen molar-refractivity contribution >= 4 is 6.29 Å². The maximum Gasteiger partial charge on any atom is 0.280 e. The zero-order chi connectivity index (χ0) is 10.7. The van der Waals surface area contributed by atoms with Gasteiger partial charge in [0, 0.05) is 0 Å². The number of hydrogen-bond acceptors (Lipinski definition) is 3. The van der Waals surface area contributed by atoms with Gasteiger partial charge in [0.25, 0.3) is 6.43 Å². The Morgan fingerprint density at radius 3 is 2.71 bits per heavy atom. The van der Waals surface area contributed by atoms with Crippen molar-refractivity contribution in [2.75, 3.05) is 0 Å². The Labute approximate surface area is 79.0 Å². The lowest BCUT2D eigenvalue weighted by Gasteiger charge is -2.05. The molecule has 0 spiro atoms. The summed E-state index contributed by atoms with van der Waals surface area (Å²) in [5.74, 6) is 0. The lowest BCUT2D eigenvalue weighted by molar-refractivity contribution is 0.111. The number of hydrogen-bond donors (Lipinski definition) is 0. The molecule has 0 aliphatic heterocycles. The van der Waals surface area contributed by atoms with E-state index < -0.39 is 12.1 Å². The fourth-order valence-corrected chi connectivity index (χ4v) is 1.04. The molecule has 0 amide bonds. The van der Waals surface area contributed by atoms with Crippen molar-refractivity contribution in [1.82, 2.24) is 4.98 Å². The van der Waals surface area contributed by atoms with E-state index in [1.807, 2.05) is 0 Å². The number of pyridine rings is 1. The average Bonchev–Trinajstić information content (AvgIpc) is 2.16. The third-order valence-electron chi connectivity index (χ3n) is 1.72. The van der Waals surface area contributed by atoms with E-state index in [2.05, 4.69) is 4.98 Å². The Balaban J connectivity index is 3.39. The highest BCUT2D eigenvalue weighted by Crippen LogP contribution is 2.21. The predicted octanol–water partition coefficient (Wildman–Crippen LogP) is 2.01. The van der Waals surface area contributed by atoms with Crippen LogP contribution in [0.25, 0.3) is 0 Å². The van der Waals surface area contributed by atoms with Crippen molar-refractivity contribution in [3.63, 3.8) is 0 Å². The molecule has 0 saturated heterocycles. The van der Waals surface area contributed by atoms with Gasteiger partial charge in [-0.15, -0.1) is 0 Å². The molecule has 0 N–H and O–H groups in total. The van der Waals surface area contributed by atoms with Crippen molar-refractivity contribution < 1.29 is 13.6 Å². The summed E-state index contributed by atoms with van der Waals surface area (Å²) in [7, 11) is 0. The van der Waals surface area contributed by atoms with E-state index in [4.69, 9.17) is 5.26 Å². The van der Waals surface area contributed by atoms with Gasteiger partial charge in [-0.3, -0.25) is 4.79 Å². The van der Waals surface area contributed by atoms with E-state index in [0.717, 1.165) is 0 Å². The summed E-state index contributed by atoms with van der Waals surface area (Å²) in [6.45, 7) is 1.42. The molecule has 0 aromatic carbocycles. The fraction of sp³-hybridized carbons (Fsp3) is 0.222. The van der Waals surface area contributed by atoms with E-state index in [9.17, 15) is 13.6 Å². The molecule has 1 rings (SSSR count). The molecule has 1 aromatic heterocycles. The molecule has 0 saturated carbocycles. The van der Waals surface area contributed by atoms with Crippen LogP contribution in [0.3, 0.4) is 0 Å². The van der Waals surface area contributed by atoms with E-state index in [1.54, 1.807) is 6.07 Å². The SMILES string of the molecule is Cc1cc(C#N)c(C=O)nc1C(F)F. The third-order valence-corrected chi connectivity index (χ3v) is 1.72. The summed E-state index contributed by atoms with van der Waals surface area (Å²) >= 11 is 0. The predicted molar refractivity (Wildman–Crippen MR) is 44.0 cm³/mol. The topological polar surface area (TPSA) is 53.8 Å². The van der Waals surface area contributed by atoms with Gasteiger partial charge in [0.05, 0.1) is 5.56 Å². The first-order chi connectivity index (χ1) is 6.60. The first-order valence-corrected chi connectivity index (χ1v) is 3.75. The first-order valence-electron chi connectivity index (χ1n) is 3.75. The molecule has 72 valence electrons. The lowest BCUT2D eigenvalue weighted by atomic mass is 10.1. The summed E-state index contributed by atoms with van der Waals surface area (Å²) in [5, 5.41) is 8.57. The Bertz CT molecular complexity index is 410. The Hall–Kier alpha value is -1.83. The molecule has 0 radical (unpaired) electrons. The van der Waals surface area contributed by atoms with Gasteiger partial charge < -0.3 is 0 Å². The van der Waals surface area contributed by atoms with E-state index in [1.165, 1.54) is 13.0 Å². The summed E-state index contributed by atoms with van der Waals surface area (Å²) in [6.07, 6.45) is -2.44. The number of nitriles is 1. The number of alkyl halides is 2. The molecule has 1 aromatic rings. The molecule has 3 nitrogen and oxygen atoms in total. The summed E-state index contributed by atoms with van der Waals surface area (Å²) in [5.41, 5.74) is -0.469. The molecule has 0 aliphatic rings. The van der Waals surface area contributed by atoms with Gasteiger partial charge in [0.15, 0.2) is 6.29 Å². The molecule has 5 heteroatoms. The maximum absolute atomic E-state index is 12.3. The van der Waals surface area contributed by atoms with Crippen LogP contribution in [0.5, 0.6) is 0 Å². The monoisotopic (exact) mass is 196 g/mol. The van der Waals surface area contributed by atoms with Crippen molar-refractivity contribution in [2.45, 2.75) is 13.3 Å². The molecule has 1 heterocycles. The van der Waals surface area contributed by atoms with Crippen LogP contribution in [0, 0.1) is 18.3 Å². The Morgan fingerprint density at radius 2 is 2.29 bits per heavy atom. The van der Waals surface area contributed by atoms with E-state index in [-0.39, 0.29) is 16.8 Å². The van der Waals surface area contributed by atoms with Gasteiger partial charge in [-0.05, 0) is 18.6 Å². The summed E-state index contributed by atoms with van der Waals surface area (Å²) in [6, 6.07) is 2.95. The first kappa shape index (κ1) is 10.3. The quantitative estimate of drug-likeness (QED) is 0.680. The molecule has 0 unspecified atom stereocenters. The highest BCUT2D eigenvalue weighted by atomic mass is 19.3. The van der Waals surface area contributed by atoms with Crippen molar-refractivity contribution in [2.24, 2.45) is 0 Å². The van der Waals surface area contributed by atoms with Gasteiger partial charge >= 0.3 is 0 Å². The van der Waals surface area contributed by atoms with Crippen LogP contribution >= 0.6 is 0 Å². The number of rotatable bonds is 2. The number of aromatic nitrogens is 1. The molecule has 0 aliphatic carbocycles. The molecular weight excluding hydrogens is 190 g/mol.